The van der Waals surface area contributed by atoms with E-state index in [0.29, 0.717) is 23.8 Å². The Hall–Kier alpha value is -4.19. The van der Waals surface area contributed by atoms with Crippen molar-refractivity contribution in [2.24, 2.45) is 0 Å². The number of carbonyl (C=O) groups is 1. The molecular formula is C28H28N4O2. The molecule has 0 fully saturated rings. The largest absolute Gasteiger partial charge is 0.497 e. The van der Waals surface area contributed by atoms with Crippen molar-refractivity contribution in [1.82, 2.24) is 15.3 Å². The fraction of sp³-hybridized carbons (Fsp3) is 0.179. The lowest BCUT2D eigenvalue weighted by Crippen LogP contribution is -2.30. The van der Waals surface area contributed by atoms with E-state index in [1.807, 2.05) is 91.7 Å². The van der Waals surface area contributed by atoms with Gasteiger partial charge in [0, 0.05) is 25.4 Å². The van der Waals surface area contributed by atoms with Crippen molar-refractivity contribution in [3.63, 3.8) is 0 Å². The second-order valence-electron chi connectivity index (χ2n) is 8.11. The van der Waals surface area contributed by atoms with E-state index in [1.54, 1.807) is 13.3 Å². The molecule has 172 valence electrons. The average Bonchev–Trinajstić information content (AvgIpc) is 2.89. The minimum Gasteiger partial charge on any atom is -0.497 e. The summed E-state index contributed by atoms with van der Waals surface area (Å²) < 4.78 is 5.26. The number of nitrogens with one attached hydrogen (secondary N) is 1. The van der Waals surface area contributed by atoms with E-state index in [-0.39, 0.29) is 11.9 Å². The summed E-state index contributed by atoms with van der Waals surface area (Å²) >= 11 is 0. The molecule has 6 nitrogen and oxygen atoms in total. The summed E-state index contributed by atoms with van der Waals surface area (Å²) in [6.07, 6.45) is 1.61. The van der Waals surface area contributed by atoms with Gasteiger partial charge in [0.1, 0.15) is 17.1 Å². The minimum absolute atomic E-state index is 0.151. The fourth-order valence-electron chi connectivity index (χ4n) is 3.73. The average molecular weight is 453 g/mol. The molecular weight excluding hydrogens is 424 g/mol. The van der Waals surface area contributed by atoms with Crippen molar-refractivity contribution in [3.05, 3.63) is 108 Å². The maximum atomic E-state index is 13.3. The first-order chi connectivity index (χ1) is 16.5. The van der Waals surface area contributed by atoms with Crippen molar-refractivity contribution >= 4 is 11.7 Å². The van der Waals surface area contributed by atoms with E-state index in [4.69, 9.17) is 9.72 Å². The highest BCUT2D eigenvalue weighted by Crippen LogP contribution is 2.25. The Morgan fingerprint density at radius 3 is 2.26 bits per heavy atom. The van der Waals surface area contributed by atoms with Crippen LogP contribution < -0.4 is 15.0 Å². The Morgan fingerprint density at radius 2 is 1.62 bits per heavy atom. The highest BCUT2D eigenvalue weighted by atomic mass is 16.5. The zero-order valence-electron chi connectivity index (χ0n) is 19.6. The molecule has 4 rings (SSSR count). The van der Waals surface area contributed by atoms with Gasteiger partial charge in [0.05, 0.1) is 13.2 Å². The number of hydrogen-bond acceptors (Lipinski definition) is 5. The summed E-state index contributed by atoms with van der Waals surface area (Å²) in [4.78, 5) is 24.6. The van der Waals surface area contributed by atoms with Crippen molar-refractivity contribution in [3.8, 4) is 17.1 Å². The number of aromatic nitrogens is 2. The first kappa shape index (κ1) is 23.0. The summed E-state index contributed by atoms with van der Waals surface area (Å²) in [5.41, 5.74) is 3.43. The van der Waals surface area contributed by atoms with E-state index >= 15 is 0 Å². The van der Waals surface area contributed by atoms with Crippen molar-refractivity contribution in [2.45, 2.75) is 19.5 Å². The lowest BCUT2D eigenvalue weighted by atomic mass is 10.1. The van der Waals surface area contributed by atoms with Crippen LogP contribution in [-0.2, 0) is 6.54 Å². The maximum Gasteiger partial charge on any atom is 0.257 e. The van der Waals surface area contributed by atoms with Crippen molar-refractivity contribution in [1.29, 1.82) is 0 Å². The smallest absolute Gasteiger partial charge is 0.257 e. The zero-order chi connectivity index (χ0) is 23.9. The minimum atomic E-state index is -0.215. The second kappa shape index (κ2) is 10.6. The van der Waals surface area contributed by atoms with Gasteiger partial charge in [-0.2, -0.15) is 0 Å². The van der Waals surface area contributed by atoms with E-state index in [9.17, 15) is 4.79 Å². The third kappa shape index (κ3) is 5.41. The Bertz CT molecular complexity index is 1230. The molecule has 0 aliphatic rings. The first-order valence-corrected chi connectivity index (χ1v) is 11.2. The van der Waals surface area contributed by atoms with E-state index in [2.05, 4.69) is 22.4 Å². The van der Waals surface area contributed by atoms with Crippen LogP contribution in [0.25, 0.3) is 11.4 Å². The number of carbonyl (C=O) groups excluding carboxylic acids is 1. The van der Waals surface area contributed by atoms with Gasteiger partial charge in [0.2, 0.25) is 0 Å². The Morgan fingerprint density at radius 1 is 0.971 bits per heavy atom. The van der Waals surface area contributed by atoms with Gasteiger partial charge in [-0.15, -0.1) is 0 Å². The predicted molar refractivity (Wildman–Crippen MR) is 135 cm³/mol. The van der Waals surface area contributed by atoms with Gasteiger partial charge in [-0.25, -0.2) is 9.97 Å². The number of methoxy groups -OCH3 is 1. The molecule has 4 aromatic rings. The Kier molecular flexibility index (Phi) is 7.18. The van der Waals surface area contributed by atoms with Gasteiger partial charge in [-0.1, -0.05) is 60.7 Å². The molecule has 0 spiro atoms. The van der Waals surface area contributed by atoms with Crippen LogP contribution >= 0.6 is 0 Å². The van der Waals surface area contributed by atoms with Crippen LogP contribution in [0.2, 0.25) is 0 Å². The van der Waals surface area contributed by atoms with Crippen LogP contribution in [0.4, 0.5) is 5.82 Å². The highest BCUT2D eigenvalue weighted by Gasteiger charge is 2.20. The van der Waals surface area contributed by atoms with Gasteiger partial charge < -0.3 is 15.0 Å². The summed E-state index contributed by atoms with van der Waals surface area (Å²) in [6.45, 7) is 2.57. The molecule has 3 aromatic carbocycles. The van der Waals surface area contributed by atoms with Crippen LogP contribution in [0.1, 0.15) is 34.5 Å². The molecule has 34 heavy (non-hydrogen) atoms. The van der Waals surface area contributed by atoms with Gasteiger partial charge >= 0.3 is 0 Å². The van der Waals surface area contributed by atoms with Crippen LogP contribution in [-0.4, -0.2) is 30.0 Å². The molecule has 1 heterocycles. The van der Waals surface area contributed by atoms with Crippen molar-refractivity contribution in [2.75, 3.05) is 19.1 Å². The van der Waals surface area contributed by atoms with Gasteiger partial charge in [0.25, 0.3) is 5.91 Å². The molecule has 0 aliphatic heterocycles. The lowest BCUT2D eigenvalue weighted by Gasteiger charge is -2.22. The number of nitrogens with zero attached hydrogens (tertiary/aromatic N) is 3. The monoisotopic (exact) mass is 452 g/mol. The maximum absolute atomic E-state index is 13.3. The molecule has 1 atom stereocenters. The Labute approximate surface area is 200 Å². The highest BCUT2D eigenvalue weighted by molar-refractivity contribution is 5.99. The number of anilines is 1. The summed E-state index contributed by atoms with van der Waals surface area (Å²) in [6, 6.07) is 27.4. The predicted octanol–water partition coefficient (Wildman–Crippen LogP) is 5.28. The normalized spacial score (nSPS) is 11.5. The van der Waals surface area contributed by atoms with Gasteiger partial charge in [-0.05, 0) is 42.3 Å². The van der Waals surface area contributed by atoms with Gasteiger partial charge in [-0.3, -0.25) is 4.79 Å². The van der Waals surface area contributed by atoms with Crippen LogP contribution in [0.5, 0.6) is 5.75 Å². The number of rotatable bonds is 8. The fourth-order valence-corrected chi connectivity index (χ4v) is 3.73. The third-order valence-corrected chi connectivity index (χ3v) is 5.63. The molecule has 1 amide bonds. The SMILES string of the molecule is COc1ccc(-c2ncc(C(=O)N[C@H](C)c3ccccc3)c(N(C)Cc3ccccc3)n2)cc1. The molecule has 0 radical (unpaired) electrons. The Balaban J connectivity index is 1.66. The summed E-state index contributed by atoms with van der Waals surface area (Å²) in [5.74, 6) is 1.66. The molecule has 0 saturated carbocycles. The topological polar surface area (TPSA) is 67.3 Å². The van der Waals surface area contributed by atoms with E-state index < -0.39 is 0 Å². The van der Waals surface area contributed by atoms with Crippen LogP contribution in [0, 0.1) is 0 Å². The van der Waals surface area contributed by atoms with Gasteiger partial charge in [0.15, 0.2) is 5.82 Å². The molecule has 0 saturated heterocycles. The molecule has 6 heteroatoms. The quantitative estimate of drug-likeness (QED) is 0.394. The number of benzene rings is 3. The molecule has 1 N–H and O–H groups in total. The van der Waals surface area contributed by atoms with Crippen molar-refractivity contribution < 1.29 is 9.53 Å². The number of hydrogen-bond donors (Lipinski definition) is 1. The third-order valence-electron chi connectivity index (χ3n) is 5.63. The number of ether oxygens (including phenoxy) is 1. The summed E-state index contributed by atoms with van der Waals surface area (Å²) in [5, 5.41) is 3.08. The zero-order valence-corrected chi connectivity index (χ0v) is 19.6. The molecule has 0 bridgehead atoms. The molecule has 0 aliphatic carbocycles. The molecule has 0 unspecified atom stereocenters. The first-order valence-electron chi connectivity index (χ1n) is 11.2. The standard InChI is InChI=1S/C28H28N4O2/c1-20(22-12-8-5-9-13-22)30-28(33)25-18-29-26(23-14-16-24(34-3)17-15-23)31-27(25)32(2)19-21-10-6-4-7-11-21/h4-18,20H,19H2,1-3H3,(H,30,33)/t20-/m1/s1. The molecule has 1 aromatic heterocycles. The number of amides is 1. The summed E-state index contributed by atoms with van der Waals surface area (Å²) in [7, 11) is 3.57. The van der Waals surface area contributed by atoms with E-state index in [0.717, 1.165) is 22.4 Å². The van der Waals surface area contributed by atoms with E-state index in [1.165, 1.54) is 0 Å². The van der Waals surface area contributed by atoms with Crippen LogP contribution in [0.3, 0.4) is 0 Å². The van der Waals surface area contributed by atoms with Crippen LogP contribution in [0.15, 0.2) is 91.1 Å². The lowest BCUT2D eigenvalue weighted by molar-refractivity contribution is 0.0939. The second-order valence-corrected chi connectivity index (χ2v) is 8.11.